The Morgan fingerprint density at radius 3 is 2.83 bits per heavy atom. The molecule has 1 fully saturated rings. The zero-order valence-electron chi connectivity index (χ0n) is 11.6. The average molecular weight is 248 g/mol. The summed E-state index contributed by atoms with van der Waals surface area (Å²) in [5.74, 6) is 0.965. The van der Waals surface area contributed by atoms with Crippen molar-refractivity contribution in [2.45, 2.75) is 45.3 Å². The Labute approximate surface area is 110 Å². The van der Waals surface area contributed by atoms with Gasteiger partial charge in [-0.2, -0.15) is 0 Å². The molecule has 0 saturated carbocycles. The molecule has 2 rings (SSSR count). The van der Waals surface area contributed by atoms with Crippen molar-refractivity contribution in [1.82, 2.24) is 4.90 Å². The van der Waals surface area contributed by atoms with Crippen LogP contribution < -0.4 is 10.5 Å². The number of nitrogens with two attached hydrogens (primary N) is 1. The third-order valence-electron chi connectivity index (χ3n) is 3.90. The number of piperidine rings is 1. The van der Waals surface area contributed by atoms with E-state index in [-0.39, 0.29) is 0 Å². The van der Waals surface area contributed by atoms with Gasteiger partial charge in [-0.15, -0.1) is 0 Å². The van der Waals surface area contributed by atoms with Crippen molar-refractivity contribution in [2.75, 3.05) is 13.7 Å². The lowest BCUT2D eigenvalue weighted by Gasteiger charge is -2.36. The molecule has 1 aromatic carbocycles. The van der Waals surface area contributed by atoms with Crippen molar-refractivity contribution in [2.24, 2.45) is 5.73 Å². The maximum atomic E-state index is 6.00. The normalized spacial score (nSPS) is 25.1. The Morgan fingerprint density at radius 1 is 1.44 bits per heavy atom. The minimum absolute atomic E-state index is 0.383. The third-order valence-corrected chi connectivity index (χ3v) is 3.90. The summed E-state index contributed by atoms with van der Waals surface area (Å²) in [6, 6.07) is 7.41. The Bertz CT molecular complexity index is 405. The summed E-state index contributed by atoms with van der Waals surface area (Å²) < 4.78 is 5.29. The van der Waals surface area contributed by atoms with Gasteiger partial charge in [-0.25, -0.2) is 0 Å². The molecule has 1 aliphatic rings. The monoisotopic (exact) mass is 248 g/mol. The Morgan fingerprint density at radius 2 is 2.22 bits per heavy atom. The maximum Gasteiger partial charge on any atom is 0.121 e. The van der Waals surface area contributed by atoms with Gasteiger partial charge in [-0.3, -0.25) is 4.90 Å². The van der Waals surface area contributed by atoms with Gasteiger partial charge in [0.05, 0.1) is 7.11 Å². The average Bonchev–Trinajstić information content (AvgIpc) is 2.33. The van der Waals surface area contributed by atoms with Crippen LogP contribution >= 0.6 is 0 Å². The number of benzene rings is 1. The molecule has 2 unspecified atom stereocenters. The first-order valence-electron chi connectivity index (χ1n) is 6.73. The van der Waals surface area contributed by atoms with Crippen LogP contribution in [-0.2, 0) is 6.54 Å². The lowest BCUT2D eigenvalue weighted by Crippen LogP contribution is -2.44. The van der Waals surface area contributed by atoms with Crippen molar-refractivity contribution in [3.8, 4) is 5.75 Å². The first-order chi connectivity index (χ1) is 8.60. The summed E-state index contributed by atoms with van der Waals surface area (Å²) in [5.41, 5.74) is 8.56. The number of rotatable bonds is 3. The molecule has 0 bridgehead atoms. The lowest BCUT2D eigenvalue weighted by molar-refractivity contribution is 0.140. The quantitative estimate of drug-likeness (QED) is 0.892. The van der Waals surface area contributed by atoms with E-state index < -0.39 is 0 Å². The molecule has 0 amide bonds. The molecule has 1 aliphatic heterocycles. The molecule has 100 valence electrons. The highest BCUT2D eigenvalue weighted by Crippen LogP contribution is 2.22. The van der Waals surface area contributed by atoms with Gasteiger partial charge in [0, 0.05) is 25.2 Å². The van der Waals surface area contributed by atoms with Crippen molar-refractivity contribution in [3.63, 3.8) is 0 Å². The maximum absolute atomic E-state index is 6.00. The van der Waals surface area contributed by atoms with Gasteiger partial charge in [0.2, 0.25) is 0 Å². The van der Waals surface area contributed by atoms with E-state index in [1.165, 1.54) is 11.1 Å². The van der Waals surface area contributed by atoms with E-state index in [1.54, 1.807) is 7.11 Å². The van der Waals surface area contributed by atoms with E-state index in [9.17, 15) is 0 Å². The van der Waals surface area contributed by atoms with E-state index in [0.717, 1.165) is 31.7 Å². The zero-order valence-corrected chi connectivity index (χ0v) is 11.6. The number of hydrogen-bond donors (Lipinski definition) is 1. The SMILES string of the molecule is COc1ccc(CN2CCC(N)CC2C)cc1C. The van der Waals surface area contributed by atoms with Gasteiger partial charge in [-0.1, -0.05) is 12.1 Å². The summed E-state index contributed by atoms with van der Waals surface area (Å²) in [6.45, 7) is 6.49. The summed E-state index contributed by atoms with van der Waals surface area (Å²) in [7, 11) is 1.72. The molecule has 3 nitrogen and oxygen atoms in total. The molecule has 0 aliphatic carbocycles. The van der Waals surface area contributed by atoms with Crippen LogP contribution in [0.1, 0.15) is 30.9 Å². The fourth-order valence-corrected chi connectivity index (χ4v) is 2.77. The van der Waals surface area contributed by atoms with Crippen LogP contribution in [0.25, 0.3) is 0 Å². The first kappa shape index (κ1) is 13.4. The molecule has 1 saturated heterocycles. The standard InChI is InChI=1S/C15H24N2O/c1-11-8-13(4-5-15(11)18-3)10-17-7-6-14(16)9-12(17)2/h4-5,8,12,14H,6-7,9-10,16H2,1-3H3. The fourth-order valence-electron chi connectivity index (χ4n) is 2.77. The minimum atomic E-state index is 0.383. The van der Waals surface area contributed by atoms with Crippen molar-refractivity contribution in [1.29, 1.82) is 0 Å². The van der Waals surface area contributed by atoms with Crippen LogP contribution in [0, 0.1) is 6.92 Å². The van der Waals surface area contributed by atoms with Gasteiger partial charge in [0.1, 0.15) is 5.75 Å². The second-order valence-corrected chi connectivity index (χ2v) is 5.41. The Balaban J connectivity index is 2.03. The predicted molar refractivity (Wildman–Crippen MR) is 74.8 cm³/mol. The predicted octanol–water partition coefficient (Wildman–Crippen LogP) is 2.32. The van der Waals surface area contributed by atoms with Crippen LogP contribution in [0.15, 0.2) is 18.2 Å². The topological polar surface area (TPSA) is 38.5 Å². The van der Waals surface area contributed by atoms with Crippen LogP contribution in [-0.4, -0.2) is 30.6 Å². The first-order valence-corrected chi connectivity index (χ1v) is 6.73. The highest BCUT2D eigenvalue weighted by atomic mass is 16.5. The number of aryl methyl sites for hydroxylation is 1. The van der Waals surface area contributed by atoms with Crippen LogP contribution in [0.5, 0.6) is 5.75 Å². The molecule has 0 aromatic heterocycles. The summed E-state index contributed by atoms with van der Waals surface area (Å²) >= 11 is 0. The smallest absolute Gasteiger partial charge is 0.121 e. The number of methoxy groups -OCH3 is 1. The highest BCUT2D eigenvalue weighted by Gasteiger charge is 2.22. The zero-order chi connectivity index (χ0) is 13.1. The largest absolute Gasteiger partial charge is 0.496 e. The lowest BCUT2D eigenvalue weighted by atomic mass is 9.98. The van der Waals surface area contributed by atoms with Crippen molar-refractivity contribution >= 4 is 0 Å². The van der Waals surface area contributed by atoms with E-state index in [4.69, 9.17) is 10.5 Å². The minimum Gasteiger partial charge on any atom is -0.496 e. The molecular weight excluding hydrogens is 224 g/mol. The summed E-state index contributed by atoms with van der Waals surface area (Å²) in [5, 5.41) is 0. The Hall–Kier alpha value is -1.06. The number of hydrogen-bond acceptors (Lipinski definition) is 3. The fraction of sp³-hybridized carbons (Fsp3) is 0.600. The second-order valence-electron chi connectivity index (χ2n) is 5.41. The van der Waals surface area contributed by atoms with Crippen molar-refractivity contribution < 1.29 is 4.74 Å². The van der Waals surface area contributed by atoms with Gasteiger partial charge >= 0.3 is 0 Å². The molecule has 0 radical (unpaired) electrons. The van der Waals surface area contributed by atoms with Gasteiger partial charge in [-0.05, 0) is 43.9 Å². The summed E-state index contributed by atoms with van der Waals surface area (Å²) in [6.07, 6.45) is 2.22. The van der Waals surface area contributed by atoms with Gasteiger partial charge in [0.15, 0.2) is 0 Å². The summed E-state index contributed by atoms with van der Waals surface area (Å²) in [4.78, 5) is 2.52. The van der Waals surface area contributed by atoms with Crippen LogP contribution in [0.2, 0.25) is 0 Å². The van der Waals surface area contributed by atoms with E-state index >= 15 is 0 Å². The third kappa shape index (κ3) is 3.03. The molecule has 1 aromatic rings. The molecule has 2 atom stereocenters. The molecular formula is C15H24N2O. The van der Waals surface area contributed by atoms with E-state index in [0.29, 0.717) is 12.1 Å². The van der Waals surface area contributed by atoms with Crippen LogP contribution in [0.4, 0.5) is 0 Å². The van der Waals surface area contributed by atoms with E-state index in [1.807, 2.05) is 0 Å². The molecule has 18 heavy (non-hydrogen) atoms. The number of likely N-dealkylation sites (tertiary alicyclic amines) is 1. The van der Waals surface area contributed by atoms with Crippen LogP contribution in [0.3, 0.4) is 0 Å². The second kappa shape index (κ2) is 5.72. The molecule has 1 heterocycles. The van der Waals surface area contributed by atoms with Crippen molar-refractivity contribution in [3.05, 3.63) is 29.3 Å². The van der Waals surface area contributed by atoms with Gasteiger partial charge in [0.25, 0.3) is 0 Å². The highest BCUT2D eigenvalue weighted by molar-refractivity contribution is 5.36. The molecule has 3 heteroatoms. The molecule has 2 N–H and O–H groups in total. The number of ether oxygens (including phenoxy) is 1. The molecule has 0 spiro atoms. The Kier molecular flexibility index (Phi) is 4.25. The van der Waals surface area contributed by atoms with E-state index in [2.05, 4.69) is 36.9 Å². The number of nitrogens with zero attached hydrogens (tertiary/aromatic N) is 1. The van der Waals surface area contributed by atoms with Gasteiger partial charge < -0.3 is 10.5 Å².